The van der Waals surface area contributed by atoms with E-state index >= 15 is 0 Å². The third-order valence-electron chi connectivity index (χ3n) is 5.31. The SMILES string of the molecule is C=CCNC(=NCC(=O)N(C)C)N1CC2(CCCC2)c2ccccc21. The van der Waals surface area contributed by atoms with Crippen LogP contribution >= 0.6 is 0 Å². The molecule has 1 amide bonds. The second-order valence-electron chi connectivity index (χ2n) is 7.19. The lowest BCUT2D eigenvalue weighted by atomic mass is 9.81. The summed E-state index contributed by atoms with van der Waals surface area (Å²) in [5, 5.41) is 3.34. The molecule has 5 heteroatoms. The summed E-state index contributed by atoms with van der Waals surface area (Å²) in [6.07, 6.45) is 6.84. The van der Waals surface area contributed by atoms with Crippen LogP contribution in [-0.2, 0) is 10.2 Å². The van der Waals surface area contributed by atoms with Crippen molar-refractivity contribution in [3.63, 3.8) is 0 Å². The molecule has 0 radical (unpaired) electrons. The minimum Gasteiger partial charge on any atom is -0.352 e. The number of hydrogen-bond donors (Lipinski definition) is 1. The molecule has 3 rings (SSSR count). The molecule has 0 bridgehead atoms. The van der Waals surface area contributed by atoms with Crippen molar-refractivity contribution in [1.29, 1.82) is 0 Å². The van der Waals surface area contributed by atoms with Crippen molar-refractivity contribution in [2.45, 2.75) is 31.1 Å². The van der Waals surface area contributed by atoms with E-state index in [1.807, 2.05) is 6.08 Å². The number of carbonyl (C=O) groups excluding carboxylic acids is 1. The van der Waals surface area contributed by atoms with Crippen LogP contribution in [0.4, 0.5) is 5.69 Å². The van der Waals surface area contributed by atoms with Gasteiger partial charge in [-0.3, -0.25) is 4.79 Å². The first-order valence-corrected chi connectivity index (χ1v) is 9.04. The summed E-state index contributed by atoms with van der Waals surface area (Å²) in [5.41, 5.74) is 2.88. The van der Waals surface area contributed by atoms with Gasteiger partial charge in [-0.15, -0.1) is 6.58 Å². The van der Waals surface area contributed by atoms with Crippen LogP contribution in [0.2, 0.25) is 0 Å². The van der Waals surface area contributed by atoms with Gasteiger partial charge in [0.2, 0.25) is 5.91 Å². The number of hydrogen-bond acceptors (Lipinski definition) is 2. The second kappa shape index (κ2) is 7.30. The molecule has 5 nitrogen and oxygen atoms in total. The largest absolute Gasteiger partial charge is 0.352 e. The Balaban J connectivity index is 1.91. The molecule has 0 saturated heterocycles. The fourth-order valence-corrected chi connectivity index (χ4v) is 3.98. The van der Waals surface area contributed by atoms with Crippen molar-refractivity contribution in [3.8, 4) is 0 Å². The Bertz CT molecular complexity index is 674. The first kappa shape index (κ1) is 17.5. The van der Waals surface area contributed by atoms with Gasteiger partial charge in [0.05, 0.1) is 0 Å². The van der Waals surface area contributed by atoms with Gasteiger partial charge < -0.3 is 15.1 Å². The molecule has 1 N–H and O–H groups in total. The molecule has 0 aromatic heterocycles. The molecule has 25 heavy (non-hydrogen) atoms. The quantitative estimate of drug-likeness (QED) is 0.520. The van der Waals surface area contributed by atoms with Gasteiger partial charge in [0.1, 0.15) is 6.54 Å². The van der Waals surface area contributed by atoms with E-state index in [-0.39, 0.29) is 17.9 Å². The van der Waals surface area contributed by atoms with Crippen LogP contribution in [0, 0.1) is 0 Å². The molecule has 1 heterocycles. The molecule has 1 aliphatic heterocycles. The summed E-state index contributed by atoms with van der Waals surface area (Å²) >= 11 is 0. The summed E-state index contributed by atoms with van der Waals surface area (Å²) in [6.45, 7) is 5.50. The average molecular weight is 340 g/mol. The van der Waals surface area contributed by atoms with Gasteiger partial charge in [0.25, 0.3) is 0 Å². The Morgan fingerprint density at radius 1 is 1.36 bits per heavy atom. The molecule has 0 atom stereocenters. The second-order valence-corrected chi connectivity index (χ2v) is 7.19. The van der Waals surface area contributed by atoms with Crippen LogP contribution in [-0.4, -0.2) is 50.5 Å². The van der Waals surface area contributed by atoms with E-state index in [2.05, 4.69) is 46.1 Å². The van der Waals surface area contributed by atoms with Crippen molar-refractivity contribution in [3.05, 3.63) is 42.5 Å². The minimum atomic E-state index is 0.000893. The van der Waals surface area contributed by atoms with Gasteiger partial charge in [-0.1, -0.05) is 37.1 Å². The average Bonchev–Trinajstić information content (AvgIpc) is 3.21. The topological polar surface area (TPSA) is 47.9 Å². The number of aliphatic imine (C=N–C) groups is 1. The molecule has 2 aliphatic rings. The van der Waals surface area contributed by atoms with Gasteiger partial charge in [-0.05, 0) is 24.5 Å². The van der Waals surface area contributed by atoms with Gasteiger partial charge in [0, 0.05) is 38.3 Å². The smallest absolute Gasteiger partial charge is 0.243 e. The normalized spacial score (nSPS) is 18.3. The number of carbonyl (C=O) groups is 1. The lowest BCUT2D eigenvalue weighted by Gasteiger charge is -2.26. The number of rotatable bonds is 4. The highest BCUT2D eigenvalue weighted by Crippen LogP contribution is 2.50. The molecule has 1 aromatic carbocycles. The van der Waals surface area contributed by atoms with Crippen LogP contribution < -0.4 is 10.2 Å². The van der Waals surface area contributed by atoms with Crippen LogP contribution in [0.15, 0.2) is 41.9 Å². The highest BCUT2D eigenvalue weighted by molar-refractivity contribution is 5.99. The number of benzene rings is 1. The Morgan fingerprint density at radius 2 is 2.08 bits per heavy atom. The number of para-hydroxylation sites is 1. The van der Waals surface area contributed by atoms with Gasteiger partial charge in [-0.25, -0.2) is 4.99 Å². The number of likely N-dealkylation sites (N-methyl/N-ethyl adjacent to an activating group) is 1. The maximum Gasteiger partial charge on any atom is 0.243 e. The summed E-state index contributed by atoms with van der Waals surface area (Å²) in [6, 6.07) is 8.64. The van der Waals surface area contributed by atoms with E-state index in [9.17, 15) is 4.79 Å². The predicted octanol–water partition coefficient (Wildman–Crippen LogP) is 2.54. The predicted molar refractivity (Wildman–Crippen MR) is 103 cm³/mol. The number of anilines is 1. The lowest BCUT2D eigenvalue weighted by Crippen LogP contribution is -2.44. The molecule has 1 aliphatic carbocycles. The molecule has 0 unspecified atom stereocenters. The summed E-state index contributed by atoms with van der Waals surface area (Å²) in [4.78, 5) is 20.4. The standard InChI is InChI=1S/C20H28N4O/c1-4-13-21-19(22-14-18(25)23(2)3)24-15-20(11-7-8-12-20)16-9-5-6-10-17(16)24/h4-6,9-10H,1,7-8,11-15H2,2-3H3,(H,21,22). The van der Waals surface area contributed by atoms with E-state index < -0.39 is 0 Å². The molecule has 134 valence electrons. The van der Waals surface area contributed by atoms with Crippen LogP contribution in [0.3, 0.4) is 0 Å². The zero-order valence-electron chi connectivity index (χ0n) is 15.3. The zero-order chi connectivity index (χ0) is 17.9. The summed E-state index contributed by atoms with van der Waals surface area (Å²) in [7, 11) is 3.51. The minimum absolute atomic E-state index is 0.000893. The fraction of sp³-hybridized carbons (Fsp3) is 0.500. The van der Waals surface area contributed by atoms with Crippen molar-refractivity contribution < 1.29 is 4.79 Å². The first-order chi connectivity index (χ1) is 12.1. The molecule has 1 saturated carbocycles. The maximum atomic E-state index is 12.0. The molecule has 1 aromatic rings. The molecule has 1 fully saturated rings. The Hall–Kier alpha value is -2.30. The van der Waals surface area contributed by atoms with Crippen molar-refractivity contribution >= 4 is 17.6 Å². The van der Waals surface area contributed by atoms with E-state index in [0.717, 1.165) is 12.5 Å². The van der Waals surface area contributed by atoms with Crippen molar-refractivity contribution in [1.82, 2.24) is 10.2 Å². The third-order valence-corrected chi connectivity index (χ3v) is 5.31. The number of guanidine groups is 1. The van der Waals surface area contributed by atoms with Crippen molar-refractivity contribution in [2.24, 2.45) is 4.99 Å². The number of amides is 1. The van der Waals surface area contributed by atoms with E-state index in [1.165, 1.54) is 36.9 Å². The Kier molecular flexibility index (Phi) is 5.11. The summed E-state index contributed by atoms with van der Waals surface area (Å²) < 4.78 is 0. The van der Waals surface area contributed by atoms with Crippen molar-refractivity contribution in [2.75, 3.05) is 38.6 Å². The Morgan fingerprint density at radius 3 is 2.76 bits per heavy atom. The summed E-state index contributed by atoms with van der Waals surface area (Å²) in [5.74, 6) is 0.771. The lowest BCUT2D eigenvalue weighted by molar-refractivity contribution is -0.127. The number of fused-ring (bicyclic) bond motifs is 2. The number of nitrogens with one attached hydrogen (secondary N) is 1. The molecular weight excluding hydrogens is 312 g/mol. The fourth-order valence-electron chi connectivity index (χ4n) is 3.98. The van der Waals surface area contributed by atoms with E-state index in [4.69, 9.17) is 0 Å². The van der Waals surface area contributed by atoms with Gasteiger partial charge >= 0.3 is 0 Å². The first-order valence-electron chi connectivity index (χ1n) is 9.04. The van der Waals surface area contributed by atoms with Crippen LogP contribution in [0.1, 0.15) is 31.2 Å². The molecular formula is C20H28N4O. The highest BCUT2D eigenvalue weighted by atomic mass is 16.2. The monoisotopic (exact) mass is 340 g/mol. The maximum absolute atomic E-state index is 12.0. The highest BCUT2D eigenvalue weighted by Gasteiger charge is 2.45. The van der Waals surface area contributed by atoms with Gasteiger partial charge in [-0.2, -0.15) is 0 Å². The third kappa shape index (κ3) is 3.41. The van der Waals surface area contributed by atoms with E-state index in [1.54, 1.807) is 19.0 Å². The van der Waals surface area contributed by atoms with Gasteiger partial charge in [0.15, 0.2) is 5.96 Å². The Labute approximate surface area is 150 Å². The molecule has 1 spiro atoms. The van der Waals surface area contributed by atoms with Crippen LogP contribution in [0.5, 0.6) is 0 Å². The zero-order valence-corrected chi connectivity index (χ0v) is 15.3. The van der Waals surface area contributed by atoms with E-state index in [0.29, 0.717) is 6.54 Å². The number of nitrogens with zero attached hydrogens (tertiary/aromatic N) is 3. The van der Waals surface area contributed by atoms with Crippen LogP contribution in [0.25, 0.3) is 0 Å².